The van der Waals surface area contributed by atoms with Crippen molar-refractivity contribution in [3.8, 4) is 0 Å². The van der Waals surface area contributed by atoms with Gasteiger partial charge in [0.1, 0.15) is 5.01 Å². The summed E-state index contributed by atoms with van der Waals surface area (Å²) in [6.07, 6.45) is 6.42. The molecular weight excluding hydrogens is 300 g/mol. The number of hydrogen-bond acceptors (Lipinski definition) is 5. The Kier molecular flexibility index (Phi) is 6.57. The molecule has 7 heteroatoms. The zero-order chi connectivity index (χ0) is 15.9. The maximum absolute atomic E-state index is 12.4. The van der Waals surface area contributed by atoms with E-state index < -0.39 is 0 Å². The molecule has 1 aliphatic heterocycles. The van der Waals surface area contributed by atoms with Gasteiger partial charge >= 0.3 is 6.03 Å². The molecule has 0 spiro atoms. The van der Waals surface area contributed by atoms with Gasteiger partial charge in [-0.05, 0) is 25.2 Å². The summed E-state index contributed by atoms with van der Waals surface area (Å²) < 4.78 is 0. The van der Waals surface area contributed by atoms with Crippen LogP contribution in [0, 0.1) is 5.92 Å². The van der Waals surface area contributed by atoms with Crippen LogP contribution in [0.15, 0.2) is 0 Å². The molecule has 0 bridgehead atoms. The molecule has 2 rings (SSSR count). The third-order valence-corrected chi connectivity index (χ3v) is 5.14. The fourth-order valence-corrected chi connectivity index (χ4v) is 3.65. The van der Waals surface area contributed by atoms with E-state index in [0.29, 0.717) is 17.6 Å². The van der Waals surface area contributed by atoms with Crippen molar-refractivity contribution in [2.45, 2.75) is 58.4 Å². The summed E-state index contributed by atoms with van der Waals surface area (Å²) in [4.78, 5) is 14.1. The Morgan fingerprint density at radius 3 is 3.00 bits per heavy atom. The molecule has 0 radical (unpaired) electrons. The number of nitrogens with zero attached hydrogens (tertiary/aromatic N) is 3. The van der Waals surface area contributed by atoms with Crippen LogP contribution in [0.5, 0.6) is 0 Å². The van der Waals surface area contributed by atoms with Crippen LogP contribution in [0.3, 0.4) is 0 Å². The molecule has 1 aromatic rings. The van der Waals surface area contributed by atoms with Crippen LogP contribution >= 0.6 is 11.3 Å². The van der Waals surface area contributed by atoms with Gasteiger partial charge in [-0.3, -0.25) is 5.32 Å². The molecule has 0 aliphatic carbocycles. The summed E-state index contributed by atoms with van der Waals surface area (Å²) in [7, 11) is 0. The number of amides is 2. The zero-order valence-electron chi connectivity index (χ0n) is 13.4. The highest BCUT2D eigenvalue weighted by Crippen LogP contribution is 2.24. The van der Waals surface area contributed by atoms with Crippen molar-refractivity contribution in [1.29, 1.82) is 0 Å². The Hall–Kier alpha value is -1.21. The van der Waals surface area contributed by atoms with Crippen molar-refractivity contribution in [2.75, 3.05) is 18.5 Å². The summed E-state index contributed by atoms with van der Waals surface area (Å²) in [5.74, 6) is 0.323. The van der Waals surface area contributed by atoms with E-state index >= 15 is 0 Å². The smallest absolute Gasteiger partial charge is 0.324 e. The predicted octanol–water partition coefficient (Wildman–Crippen LogP) is 2.90. The molecule has 0 aromatic carbocycles. The topological polar surface area (TPSA) is 78.4 Å². The SMILES string of the molecule is CCCCCc1nnc(NC(=O)N2CCCC(C)C2CO)s1. The lowest BCUT2D eigenvalue weighted by atomic mass is 9.91. The number of anilines is 1. The lowest BCUT2D eigenvalue weighted by Gasteiger charge is -2.38. The van der Waals surface area contributed by atoms with Crippen molar-refractivity contribution >= 4 is 22.5 Å². The van der Waals surface area contributed by atoms with Gasteiger partial charge in [-0.2, -0.15) is 0 Å². The molecule has 0 saturated carbocycles. The van der Waals surface area contributed by atoms with Crippen LogP contribution in [0.1, 0.15) is 51.0 Å². The molecule has 6 nitrogen and oxygen atoms in total. The fraction of sp³-hybridized carbons (Fsp3) is 0.800. The van der Waals surface area contributed by atoms with Gasteiger partial charge in [0.15, 0.2) is 0 Å². The summed E-state index contributed by atoms with van der Waals surface area (Å²) in [6, 6.07) is -0.285. The number of carbonyl (C=O) groups is 1. The van der Waals surface area contributed by atoms with Gasteiger partial charge in [0, 0.05) is 13.0 Å². The number of hydrogen-bond donors (Lipinski definition) is 2. The summed E-state index contributed by atoms with van der Waals surface area (Å²) in [6.45, 7) is 4.94. The molecule has 22 heavy (non-hydrogen) atoms. The van der Waals surface area contributed by atoms with E-state index in [1.807, 2.05) is 0 Å². The van der Waals surface area contributed by atoms with E-state index in [4.69, 9.17) is 0 Å². The number of aromatic nitrogens is 2. The van der Waals surface area contributed by atoms with Crippen LogP contribution in [0.25, 0.3) is 0 Å². The normalized spacial score (nSPS) is 21.9. The number of aliphatic hydroxyl groups excluding tert-OH is 1. The average molecular weight is 326 g/mol. The van der Waals surface area contributed by atoms with Gasteiger partial charge in [0.25, 0.3) is 0 Å². The van der Waals surface area contributed by atoms with Crippen LogP contribution < -0.4 is 5.32 Å². The minimum atomic E-state index is -0.179. The molecule has 2 N–H and O–H groups in total. The van der Waals surface area contributed by atoms with Gasteiger partial charge in [0.2, 0.25) is 5.13 Å². The van der Waals surface area contributed by atoms with Gasteiger partial charge < -0.3 is 10.0 Å². The second-order valence-electron chi connectivity index (χ2n) is 5.95. The number of likely N-dealkylation sites (tertiary alicyclic amines) is 1. The van der Waals surface area contributed by atoms with Crippen molar-refractivity contribution in [3.63, 3.8) is 0 Å². The van der Waals surface area contributed by atoms with Crippen LogP contribution in [-0.2, 0) is 6.42 Å². The Balaban J connectivity index is 1.90. The third-order valence-electron chi connectivity index (χ3n) is 4.24. The van der Waals surface area contributed by atoms with Gasteiger partial charge in [0.05, 0.1) is 12.6 Å². The van der Waals surface area contributed by atoms with Crippen LogP contribution in [0.4, 0.5) is 9.93 Å². The number of urea groups is 1. The summed E-state index contributed by atoms with van der Waals surface area (Å²) in [5, 5.41) is 22.0. The standard InChI is InChI=1S/C15H26N4O2S/c1-3-4-5-8-13-17-18-14(22-13)16-15(21)19-9-6-7-11(2)12(19)10-20/h11-12,20H,3-10H2,1-2H3,(H,16,18,21). The number of nitrogens with one attached hydrogen (secondary N) is 1. The number of rotatable bonds is 6. The zero-order valence-corrected chi connectivity index (χ0v) is 14.2. The molecule has 2 amide bonds. The third kappa shape index (κ3) is 4.39. The summed E-state index contributed by atoms with van der Waals surface area (Å²) >= 11 is 1.44. The highest BCUT2D eigenvalue weighted by molar-refractivity contribution is 7.15. The molecule has 2 atom stereocenters. The number of carbonyl (C=O) groups excluding carboxylic acids is 1. The molecule has 1 fully saturated rings. The first-order valence-electron chi connectivity index (χ1n) is 8.16. The molecule has 2 heterocycles. The molecule has 1 saturated heterocycles. The molecule has 1 aromatic heterocycles. The van der Waals surface area contributed by atoms with E-state index in [2.05, 4.69) is 29.4 Å². The van der Waals surface area contributed by atoms with E-state index in [1.165, 1.54) is 24.2 Å². The first-order valence-corrected chi connectivity index (χ1v) is 8.98. The Labute approximate surface area is 135 Å². The quantitative estimate of drug-likeness (QED) is 0.788. The maximum atomic E-state index is 12.4. The second kappa shape index (κ2) is 8.43. The number of piperidine rings is 1. The van der Waals surface area contributed by atoms with Crippen molar-refractivity contribution in [3.05, 3.63) is 5.01 Å². The largest absolute Gasteiger partial charge is 0.394 e. The Bertz CT molecular complexity index is 480. The van der Waals surface area contributed by atoms with Crippen LogP contribution in [-0.4, -0.2) is 45.4 Å². The lowest BCUT2D eigenvalue weighted by Crippen LogP contribution is -2.51. The highest BCUT2D eigenvalue weighted by atomic mass is 32.1. The monoisotopic (exact) mass is 326 g/mol. The lowest BCUT2D eigenvalue weighted by molar-refractivity contribution is 0.0811. The van der Waals surface area contributed by atoms with E-state index in [0.717, 1.165) is 30.7 Å². The summed E-state index contributed by atoms with van der Waals surface area (Å²) in [5.41, 5.74) is 0. The second-order valence-corrected chi connectivity index (χ2v) is 7.01. The van der Waals surface area contributed by atoms with Gasteiger partial charge in [-0.15, -0.1) is 10.2 Å². The van der Waals surface area contributed by atoms with Gasteiger partial charge in [-0.1, -0.05) is 38.0 Å². The number of aliphatic hydroxyl groups is 1. The van der Waals surface area contributed by atoms with Crippen molar-refractivity contribution < 1.29 is 9.90 Å². The fourth-order valence-electron chi connectivity index (χ4n) is 2.87. The first kappa shape index (κ1) is 17.1. The minimum Gasteiger partial charge on any atom is -0.394 e. The van der Waals surface area contributed by atoms with Crippen LogP contribution in [0.2, 0.25) is 0 Å². The average Bonchev–Trinajstić information content (AvgIpc) is 2.94. The molecular formula is C15H26N4O2S. The van der Waals surface area contributed by atoms with Crippen molar-refractivity contribution in [1.82, 2.24) is 15.1 Å². The van der Waals surface area contributed by atoms with E-state index in [-0.39, 0.29) is 18.7 Å². The molecule has 2 unspecified atom stereocenters. The highest BCUT2D eigenvalue weighted by Gasteiger charge is 2.31. The minimum absolute atomic E-state index is 0.00692. The van der Waals surface area contributed by atoms with Gasteiger partial charge in [-0.25, -0.2) is 4.79 Å². The maximum Gasteiger partial charge on any atom is 0.324 e. The number of unbranched alkanes of at least 4 members (excludes halogenated alkanes) is 2. The van der Waals surface area contributed by atoms with E-state index in [9.17, 15) is 9.90 Å². The number of aryl methyl sites for hydroxylation is 1. The predicted molar refractivity (Wildman–Crippen MR) is 88.1 cm³/mol. The first-order chi connectivity index (χ1) is 10.7. The molecule has 124 valence electrons. The van der Waals surface area contributed by atoms with E-state index in [1.54, 1.807) is 4.90 Å². The Morgan fingerprint density at radius 1 is 1.45 bits per heavy atom. The van der Waals surface area contributed by atoms with Crippen molar-refractivity contribution in [2.24, 2.45) is 5.92 Å². The Morgan fingerprint density at radius 2 is 2.27 bits per heavy atom. The molecule has 1 aliphatic rings.